The van der Waals surface area contributed by atoms with Crippen LogP contribution in [0.1, 0.15) is 45.6 Å². The molecule has 0 spiro atoms. The monoisotopic (exact) mass is 485 g/mol. The van der Waals surface area contributed by atoms with E-state index in [9.17, 15) is 18.9 Å². The Bertz CT molecular complexity index is 822. The molecule has 0 saturated heterocycles. The summed E-state index contributed by atoms with van der Waals surface area (Å²) < 4.78 is 34.2. The minimum absolute atomic E-state index is 0.0475. The molecule has 1 rings (SSSR count). The van der Waals surface area contributed by atoms with E-state index in [0.717, 1.165) is 5.56 Å². The van der Waals surface area contributed by atoms with Gasteiger partial charge in [-0.2, -0.15) is 0 Å². The summed E-state index contributed by atoms with van der Waals surface area (Å²) in [5.74, 6) is -2.90. The SMILES string of the molecule is COC(=O)CCC(CP(=O)(OC)C(CCc1ccccc1)NC(=O)OC(C)(C)C)C(=O)OC. The maximum absolute atomic E-state index is 13.9. The Morgan fingerprint density at radius 2 is 1.64 bits per heavy atom. The fraction of sp³-hybridized carbons (Fsp3) is 0.609. The van der Waals surface area contributed by atoms with Crippen LogP contribution in [0.5, 0.6) is 0 Å². The second-order valence-electron chi connectivity index (χ2n) is 8.61. The van der Waals surface area contributed by atoms with Crippen molar-refractivity contribution in [2.75, 3.05) is 27.5 Å². The highest BCUT2D eigenvalue weighted by atomic mass is 31.2. The molecule has 0 aliphatic rings. The molecule has 1 amide bonds. The average Bonchev–Trinajstić information content (AvgIpc) is 2.77. The smallest absolute Gasteiger partial charge is 0.408 e. The number of hydrogen-bond donors (Lipinski definition) is 1. The molecule has 1 aromatic rings. The molecule has 0 radical (unpaired) electrons. The number of carbonyl (C=O) groups is 3. The molecule has 0 fully saturated rings. The summed E-state index contributed by atoms with van der Waals surface area (Å²) in [5.41, 5.74) is 0.242. The Hall–Kier alpha value is -2.38. The minimum Gasteiger partial charge on any atom is -0.469 e. The first-order chi connectivity index (χ1) is 15.4. The maximum Gasteiger partial charge on any atom is 0.408 e. The quantitative estimate of drug-likeness (QED) is 0.267. The second-order valence-corrected chi connectivity index (χ2v) is 11.4. The number of methoxy groups -OCH3 is 2. The van der Waals surface area contributed by atoms with Crippen LogP contribution in [0.3, 0.4) is 0 Å². The number of hydrogen-bond acceptors (Lipinski definition) is 8. The summed E-state index contributed by atoms with van der Waals surface area (Å²) >= 11 is 0. The molecule has 33 heavy (non-hydrogen) atoms. The second kappa shape index (κ2) is 13.4. The minimum atomic E-state index is -3.62. The van der Waals surface area contributed by atoms with Gasteiger partial charge in [-0.05, 0) is 45.6 Å². The van der Waals surface area contributed by atoms with Gasteiger partial charge in [0.15, 0.2) is 0 Å². The fourth-order valence-corrected chi connectivity index (χ4v) is 5.67. The molecule has 0 aliphatic heterocycles. The molecule has 0 bridgehead atoms. The first kappa shape index (κ1) is 28.7. The first-order valence-corrected chi connectivity index (χ1v) is 12.6. The topological polar surface area (TPSA) is 117 Å². The van der Waals surface area contributed by atoms with E-state index in [0.29, 0.717) is 12.8 Å². The third-order valence-corrected chi connectivity index (χ3v) is 7.86. The standard InChI is InChI=1S/C23H36NO8P/c1-23(2,3)32-22(27)24-19(14-12-17-10-8-7-9-11-17)33(28,31-6)16-18(21(26)30-5)13-15-20(25)29-4/h7-11,18-19H,12-16H2,1-6H3,(H,24,27). The Labute approximate surface area is 196 Å². The lowest BCUT2D eigenvalue weighted by Gasteiger charge is -2.30. The number of alkyl carbamates (subject to hydrolysis) is 1. The third kappa shape index (κ3) is 10.4. The van der Waals surface area contributed by atoms with Crippen LogP contribution in [0.25, 0.3) is 0 Å². The number of benzene rings is 1. The Kier molecular flexibility index (Phi) is 11.6. The Morgan fingerprint density at radius 1 is 1.00 bits per heavy atom. The van der Waals surface area contributed by atoms with Crippen molar-refractivity contribution in [1.29, 1.82) is 0 Å². The molecule has 3 unspecified atom stereocenters. The normalized spacial score (nSPS) is 15.0. The van der Waals surface area contributed by atoms with E-state index in [4.69, 9.17) is 14.0 Å². The average molecular weight is 486 g/mol. The van der Waals surface area contributed by atoms with Crippen molar-refractivity contribution in [2.24, 2.45) is 5.92 Å². The van der Waals surface area contributed by atoms with Crippen molar-refractivity contribution >= 4 is 25.4 Å². The summed E-state index contributed by atoms with van der Waals surface area (Å²) in [5, 5.41) is 2.68. The molecule has 1 N–H and O–H groups in total. The number of amides is 1. The van der Waals surface area contributed by atoms with Crippen LogP contribution in [0, 0.1) is 5.92 Å². The van der Waals surface area contributed by atoms with E-state index in [1.807, 2.05) is 30.3 Å². The molecule has 9 nitrogen and oxygen atoms in total. The maximum atomic E-state index is 13.9. The number of rotatable bonds is 12. The van der Waals surface area contributed by atoms with Gasteiger partial charge >= 0.3 is 18.0 Å². The molecule has 1 aromatic carbocycles. The highest BCUT2D eigenvalue weighted by Crippen LogP contribution is 2.53. The molecular weight excluding hydrogens is 449 g/mol. The lowest BCUT2D eigenvalue weighted by Crippen LogP contribution is -2.40. The van der Waals surface area contributed by atoms with Gasteiger partial charge < -0.3 is 24.1 Å². The van der Waals surface area contributed by atoms with Crippen molar-refractivity contribution in [3.05, 3.63) is 35.9 Å². The van der Waals surface area contributed by atoms with Crippen LogP contribution < -0.4 is 5.32 Å². The summed E-state index contributed by atoms with van der Waals surface area (Å²) in [6, 6.07) is 9.53. The molecule has 0 saturated carbocycles. The predicted molar refractivity (Wildman–Crippen MR) is 124 cm³/mol. The van der Waals surface area contributed by atoms with Crippen LogP contribution in [0.15, 0.2) is 30.3 Å². The van der Waals surface area contributed by atoms with Crippen molar-refractivity contribution in [1.82, 2.24) is 5.32 Å². The zero-order chi connectivity index (χ0) is 25.1. The lowest BCUT2D eigenvalue weighted by atomic mass is 10.1. The van der Waals surface area contributed by atoms with Crippen LogP contribution in [-0.2, 0) is 39.3 Å². The van der Waals surface area contributed by atoms with E-state index in [2.05, 4.69) is 10.1 Å². The molecular formula is C23H36NO8P. The van der Waals surface area contributed by atoms with E-state index >= 15 is 0 Å². The van der Waals surface area contributed by atoms with Crippen molar-refractivity contribution in [3.8, 4) is 0 Å². The highest BCUT2D eigenvalue weighted by Gasteiger charge is 2.40. The van der Waals surface area contributed by atoms with Crippen LogP contribution >= 0.6 is 7.37 Å². The van der Waals surface area contributed by atoms with Crippen molar-refractivity contribution in [2.45, 2.75) is 57.8 Å². The van der Waals surface area contributed by atoms with Crippen molar-refractivity contribution in [3.63, 3.8) is 0 Å². The number of esters is 2. The lowest BCUT2D eigenvalue weighted by molar-refractivity contribution is -0.146. The number of aryl methyl sites for hydroxylation is 1. The van der Waals surface area contributed by atoms with Crippen LogP contribution in [0.4, 0.5) is 4.79 Å². The molecule has 0 aromatic heterocycles. The van der Waals surface area contributed by atoms with E-state index in [-0.39, 0.29) is 19.0 Å². The van der Waals surface area contributed by atoms with Gasteiger partial charge in [-0.15, -0.1) is 0 Å². The highest BCUT2D eigenvalue weighted by molar-refractivity contribution is 7.59. The predicted octanol–water partition coefficient (Wildman–Crippen LogP) is 4.14. The van der Waals surface area contributed by atoms with E-state index in [1.165, 1.54) is 21.3 Å². The zero-order valence-electron chi connectivity index (χ0n) is 20.3. The van der Waals surface area contributed by atoms with Gasteiger partial charge in [-0.25, -0.2) is 4.79 Å². The van der Waals surface area contributed by atoms with Gasteiger partial charge in [0.25, 0.3) is 0 Å². The number of carbonyl (C=O) groups excluding carboxylic acids is 3. The van der Waals surface area contributed by atoms with Gasteiger partial charge in [-0.1, -0.05) is 30.3 Å². The number of nitrogens with one attached hydrogen (secondary N) is 1. The van der Waals surface area contributed by atoms with Gasteiger partial charge in [0, 0.05) is 19.7 Å². The Balaban J connectivity index is 3.14. The van der Waals surface area contributed by atoms with E-state index < -0.39 is 42.7 Å². The van der Waals surface area contributed by atoms with Gasteiger partial charge in [-0.3, -0.25) is 14.2 Å². The van der Waals surface area contributed by atoms with Crippen molar-refractivity contribution < 1.29 is 37.7 Å². The first-order valence-electron chi connectivity index (χ1n) is 10.8. The molecule has 0 heterocycles. The molecule has 0 aliphatic carbocycles. The largest absolute Gasteiger partial charge is 0.469 e. The summed E-state index contributed by atoms with van der Waals surface area (Å²) in [7, 11) is 0.125. The van der Waals surface area contributed by atoms with E-state index in [1.54, 1.807) is 20.8 Å². The zero-order valence-corrected chi connectivity index (χ0v) is 21.2. The van der Waals surface area contributed by atoms with Crippen LogP contribution in [0.2, 0.25) is 0 Å². The number of ether oxygens (including phenoxy) is 3. The third-order valence-electron chi connectivity index (χ3n) is 4.95. The molecule has 10 heteroatoms. The molecule has 186 valence electrons. The van der Waals surface area contributed by atoms with Crippen LogP contribution in [-0.4, -0.2) is 56.9 Å². The summed E-state index contributed by atoms with van der Waals surface area (Å²) in [6.45, 7) is 5.17. The van der Waals surface area contributed by atoms with Gasteiger partial charge in [0.05, 0.1) is 20.1 Å². The Morgan fingerprint density at radius 3 is 2.15 bits per heavy atom. The fourth-order valence-electron chi connectivity index (χ4n) is 3.24. The van der Waals surface area contributed by atoms with Gasteiger partial charge in [0.1, 0.15) is 11.4 Å². The summed E-state index contributed by atoms with van der Waals surface area (Å²) in [4.78, 5) is 36.5. The summed E-state index contributed by atoms with van der Waals surface area (Å²) in [6.07, 6.45) is -0.109. The van der Waals surface area contributed by atoms with Gasteiger partial charge in [0.2, 0.25) is 7.37 Å². The molecule has 3 atom stereocenters.